The summed E-state index contributed by atoms with van der Waals surface area (Å²) in [7, 11) is 1.74. The van der Waals surface area contributed by atoms with E-state index in [1.165, 1.54) is 12.0 Å². The molecule has 17 heavy (non-hydrogen) atoms. The maximum Gasteiger partial charge on any atom is 0.123 e. The van der Waals surface area contributed by atoms with Gasteiger partial charge in [-0.05, 0) is 32.5 Å². The van der Waals surface area contributed by atoms with E-state index >= 15 is 0 Å². The Labute approximate surface area is 104 Å². The van der Waals surface area contributed by atoms with Crippen molar-refractivity contribution in [1.29, 1.82) is 0 Å². The fourth-order valence-corrected chi connectivity index (χ4v) is 2.41. The number of para-hydroxylation sites is 1. The zero-order valence-electron chi connectivity index (χ0n) is 10.8. The molecule has 1 saturated heterocycles. The molecule has 0 spiro atoms. The quantitative estimate of drug-likeness (QED) is 0.864. The number of hydrogen-bond acceptors (Lipinski definition) is 3. The van der Waals surface area contributed by atoms with E-state index in [0.717, 1.165) is 31.9 Å². The van der Waals surface area contributed by atoms with Gasteiger partial charge in [-0.25, -0.2) is 0 Å². The molecule has 2 rings (SSSR count). The fraction of sp³-hybridized carbons (Fsp3) is 0.571. The van der Waals surface area contributed by atoms with Gasteiger partial charge in [0.15, 0.2) is 0 Å². The van der Waals surface area contributed by atoms with E-state index in [4.69, 9.17) is 4.74 Å². The average Bonchev–Trinajstić information content (AvgIpc) is 2.54. The second kappa shape index (κ2) is 6.03. The van der Waals surface area contributed by atoms with Crippen LogP contribution in [0.4, 0.5) is 0 Å². The average molecular weight is 234 g/mol. The van der Waals surface area contributed by atoms with Gasteiger partial charge in [0.2, 0.25) is 0 Å². The molecular weight excluding hydrogens is 212 g/mol. The van der Waals surface area contributed by atoms with Crippen LogP contribution in [-0.4, -0.2) is 37.7 Å². The summed E-state index contributed by atoms with van der Waals surface area (Å²) in [5.74, 6) is 0.998. The Morgan fingerprint density at radius 1 is 1.41 bits per heavy atom. The first-order valence-corrected chi connectivity index (χ1v) is 6.37. The van der Waals surface area contributed by atoms with Gasteiger partial charge in [0.1, 0.15) is 5.75 Å². The lowest BCUT2D eigenvalue weighted by molar-refractivity contribution is 0.260. The second-order valence-corrected chi connectivity index (χ2v) is 4.76. The van der Waals surface area contributed by atoms with Gasteiger partial charge in [0.05, 0.1) is 7.11 Å². The Morgan fingerprint density at radius 3 is 3.06 bits per heavy atom. The Balaban J connectivity index is 2.03. The van der Waals surface area contributed by atoms with Gasteiger partial charge in [0, 0.05) is 24.7 Å². The first-order chi connectivity index (χ1) is 8.29. The predicted molar refractivity (Wildman–Crippen MR) is 70.4 cm³/mol. The molecule has 3 heteroatoms. The molecule has 1 heterocycles. The number of ether oxygens (including phenoxy) is 1. The first kappa shape index (κ1) is 12.4. The number of rotatable bonds is 3. The van der Waals surface area contributed by atoms with Crippen LogP contribution < -0.4 is 10.1 Å². The summed E-state index contributed by atoms with van der Waals surface area (Å²) in [6, 6.07) is 8.87. The normalized spacial score (nSPS) is 22.1. The van der Waals surface area contributed by atoms with Crippen LogP contribution in [0.25, 0.3) is 0 Å². The highest BCUT2D eigenvalue weighted by atomic mass is 16.5. The van der Waals surface area contributed by atoms with Crippen molar-refractivity contribution in [3.05, 3.63) is 29.8 Å². The lowest BCUT2D eigenvalue weighted by atomic mass is 10.1. The summed E-state index contributed by atoms with van der Waals surface area (Å²) in [5.41, 5.74) is 1.28. The zero-order chi connectivity index (χ0) is 12.1. The lowest BCUT2D eigenvalue weighted by Gasteiger charge is -2.23. The number of hydrogen-bond donors (Lipinski definition) is 1. The first-order valence-electron chi connectivity index (χ1n) is 6.37. The van der Waals surface area contributed by atoms with Gasteiger partial charge in [-0.15, -0.1) is 0 Å². The zero-order valence-corrected chi connectivity index (χ0v) is 10.8. The lowest BCUT2D eigenvalue weighted by Crippen LogP contribution is -2.35. The summed E-state index contributed by atoms with van der Waals surface area (Å²) in [6.07, 6.45) is 1.22. The molecule has 94 valence electrons. The molecule has 1 aromatic carbocycles. The molecule has 0 aromatic heterocycles. The molecule has 0 amide bonds. The van der Waals surface area contributed by atoms with Crippen molar-refractivity contribution in [3.8, 4) is 5.75 Å². The van der Waals surface area contributed by atoms with Crippen LogP contribution in [0.5, 0.6) is 5.75 Å². The van der Waals surface area contributed by atoms with Crippen LogP contribution in [0, 0.1) is 0 Å². The van der Waals surface area contributed by atoms with Gasteiger partial charge in [-0.2, -0.15) is 0 Å². The van der Waals surface area contributed by atoms with Gasteiger partial charge in [-0.3, -0.25) is 4.90 Å². The van der Waals surface area contributed by atoms with Gasteiger partial charge in [-0.1, -0.05) is 18.2 Å². The van der Waals surface area contributed by atoms with Crippen molar-refractivity contribution >= 4 is 0 Å². The van der Waals surface area contributed by atoms with Gasteiger partial charge in [0.25, 0.3) is 0 Å². The van der Waals surface area contributed by atoms with E-state index in [1.807, 2.05) is 12.1 Å². The van der Waals surface area contributed by atoms with Gasteiger partial charge >= 0.3 is 0 Å². The third kappa shape index (κ3) is 3.45. The van der Waals surface area contributed by atoms with E-state index < -0.39 is 0 Å². The van der Waals surface area contributed by atoms with Crippen LogP contribution in [0.3, 0.4) is 0 Å². The van der Waals surface area contributed by atoms with E-state index in [-0.39, 0.29) is 0 Å². The molecule has 0 radical (unpaired) electrons. The summed E-state index contributed by atoms with van der Waals surface area (Å²) in [4.78, 5) is 2.50. The Bertz CT molecular complexity index is 354. The summed E-state index contributed by atoms with van der Waals surface area (Å²) >= 11 is 0. The van der Waals surface area contributed by atoms with Crippen LogP contribution in [-0.2, 0) is 6.54 Å². The van der Waals surface area contributed by atoms with Gasteiger partial charge < -0.3 is 10.1 Å². The molecule has 1 unspecified atom stereocenters. The molecule has 1 aromatic rings. The van der Waals surface area contributed by atoms with Crippen molar-refractivity contribution < 1.29 is 4.74 Å². The maximum absolute atomic E-state index is 5.40. The molecule has 0 aliphatic carbocycles. The number of nitrogens with one attached hydrogen (secondary N) is 1. The molecule has 3 nitrogen and oxygen atoms in total. The summed E-state index contributed by atoms with van der Waals surface area (Å²) < 4.78 is 5.40. The van der Waals surface area contributed by atoms with E-state index in [1.54, 1.807) is 7.11 Å². The molecule has 1 atom stereocenters. The molecule has 1 aliphatic rings. The van der Waals surface area contributed by atoms with Crippen molar-refractivity contribution in [3.63, 3.8) is 0 Å². The molecule has 0 saturated carbocycles. The third-order valence-corrected chi connectivity index (χ3v) is 3.26. The Hall–Kier alpha value is -1.06. The van der Waals surface area contributed by atoms with E-state index in [0.29, 0.717) is 6.04 Å². The minimum Gasteiger partial charge on any atom is -0.496 e. The third-order valence-electron chi connectivity index (χ3n) is 3.26. The number of methoxy groups -OCH3 is 1. The van der Waals surface area contributed by atoms with Crippen LogP contribution in [0.2, 0.25) is 0 Å². The number of nitrogens with zero attached hydrogens (tertiary/aromatic N) is 1. The van der Waals surface area contributed by atoms with Crippen molar-refractivity contribution in [1.82, 2.24) is 10.2 Å². The Kier molecular flexibility index (Phi) is 4.40. The topological polar surface area (TPSA) is 24.5 Å². The molecule has 0 bridgehead atoms. The predicted octanol–water partition coefficient (Wildman–Crippen LogP) is 1.88. The summed E-state index contributed by atoms with van der Waals surface area (Å²) in [5, 5.41) is 3.52. The van der Waals surface area contributed by atoms with E-state index in [9.17, 15) is 0 Å². The van der Waals surface area contributed by atoms with Crippen molar-refractivity contribution in [2.75, 3.05) is 26.7 Å². The largest absolute Gasteiger partial charge is 0.496 e. The standard InChI is InChI=1S/C14H22N2O/c1-12-10-16(9-5-8-15-12)11-13-6-3-4-7-14(13)17-2/h3-4,6-7,12,15H,5,8-11H2,1-2H3. The minimum atomic E-state index is 0.576. The maximum atomic E-state index is 5.40. The SMILES string of the molecule is COc1ccccc1CN1CCCNC(C)C1. The van der Waals surface area contributed by atoms with E-state index in [2.05, 4.69) is 29.3 Å². The molecular formula is C14H22N2O. The highest BCUT2D eigenvalue weighted by molar-refractivity contribution is 5.33. The molecule has 1 N–H and O–H groups in total. The summed E-state index contributed by atoms with van der Waals surface area (Å²) in [6.45, 7) is 6.63. The van der Waals surface area contributed by atoms with Crippen LogP contribution in [0.1, 0.15) is 18.9 Å². The smallest absolute Gasteiger partial charge is 0.123 e. The number of benzene rings is 1. The van der Waals surface area contributed by atoms with Crippen LogP contribution >= 0.6 is 0 Å². The highest BCUT2D eigenvalue weighted by Gasteiger charge is 2.15. The van der Waals surface area contributed by atoms with Crippen molar-refractivity contribution in [2.45, 2.75) is 25.9 Å². The van der Waals surface area contributed by atoms with Crippen LogP contribution in [0.15, 0.2) is 24.3 Å². The van der Waals surface area contributed by atoms with Crippen molar-refractivity contribution in [2.24, 2.45) is 0 Å². The second-order valence-electron chi connectivity index (χ2n) is 4.76. The molecule has 1 fully saturated rings. The Morgan fingerprint density at radius 2 is 2.24 bits per heavy atom. The molecule has 1 aliphatic heterocycles. The monoisotopic (exact) mass is 234 g/mol. The highest BCUT2D eigenvalue weighted by Crippen LogP contribution is 2.19. The fourth-order valence-electron chi connectivity index (χ4n) is 2.41. The minimum absolute atomic E-state index is 0.576.